The number of methoxy groups -OCH3 is 1. The number of oxazole rings is 1. The van der Waals surface area contributed by atoms with E-state index in [9.17, 15) is 4.79 Å². The molecule has 2 heterocycles. The predicted molar refractivity (Wildman–Crippen MR) is 135 cm³/mol. The molecule has 5 aromatic rings. The summed E-state index contributed by atoms with van der Waals surface area (Å²) in [5.41, 5.74) is 4.18. The Morgan fingerprint density at radius 1 is 0.941 bits per heavy atom. The van der Waals surface area contributed by atoms with Crippen molar-refractivity contribution in [3.05, 3.63) is 100 Å². The lowest BCUT2D eigenvalue weighted by Crippen LogP contribution is -2.21. The van der Waals surface area contributed by atoms with Crippen LogP contribution in [0.3, 0.4) is 0 Å². The second kappa shape index (κ2) is 9.19. The van der Waals surface area contributed by atoms with Crippen LogP contribution in [0, 0.1) is 13.8 Å². The molecule has 0 saturated carbocycles. The number of benzene rings is 3. The summed E-state index contributed by atoms with van der Waals surface area (Å²) in [6.07, 6.45) is 0. The highest BCUT2D eigenvalue weighted by atomic mass is 32.2. The van der Waals surface area contributed by atoms with Gasteiger partial charge in [-0.2, -0.15) is 0 Å². The molecular formula is C27H23N3O3S. The minimum absolute atomic E-state index is 0.115. The number of hydrogen-bond donors (Lipinski definition) is 0. The van der Waals surface area contributed by atoms with Crippen LogP contribution >= 0.6 is 11.8 Å². The molecule has 0 N–H and O–H groups in total. The molecule has 0 bridgehead atoms. The highest BCUT2D eigenvalue weighted by Crippen LogP contribution is 2.29. The molecule has 0 aliphatic heterocycles. The number of aryl methyl sites for hydroxylation is 2. The number of thioether (sulfide) groups is 1. The summed E-state index contributed by atoms with van der Waals surface area (Å²) < 4.78 is 12.9. The summed E-state index contributed by atoms with van der Waals surface area (Å²) in [5.74, 6) is 2.60. The van der Waals surface area contributed by atoms with E-state index < -0.39 is 0 Å². The Kier molecular flexibility index (Phi) is 5.94. The minimum atomic E-state index is -0.115. The first-order valence-electron chi connectivity index (χ1n) is 10.9. The molecule has 3 aromatic carbocycles. The molecule has 2 aromatic heterocycles. The normalized spacial score (nSPS) is 11.1. The molecule has 0 aliphatic rings. The first kappa shape index (κ1) is 22.0. The monoisotopic (exact) mass is 469 g/mol. The van der Waals surface area contributed by atoms with Crippen LogP contribution in [-0.4, -0.2) is 21.6 Å². The van der Waals surface area contributed by atoms with Gasteiger partial charge >= 0.3 is 0 Å². The predicted octanol–water partition coefficient (Wildman–Crippen LogP) is 5.96. The lowest BCUT2D eigenvalue weighted by atomic mass is 10.1. The quantitative estimate of drug-likeness (QED) is 0.226. The Morgan fingerprint density at radius 3 is 2.44 bits per heavy atom. The lowest BCUT2D eigenvalue weighted by molar-refractivity contribution is 0.414. The first-order valence-corrected chi connectivity index (χ1v) is 11.8. The van der Waals surface area contributed by atoms with Gasteiger partial charge < -0.3 is 9.15 Å². The number of hydrogen-bond acceptors (Lipinski definition) is 6. The van der Waals surface area contributed by atoms with Crippen molar-refractivity contribution >= 4 is 22.7 Å². The topological polar surface area (TPSA) is 70.2 Å². The fraction of sp³-hybridized carbons (Fsp3) is 0.148. The molecule has 5 rings (SSSR count). The first-order chi connectivity index (χ1) is 16.5. The highest BCUT2D eigenvalue weighted by Gasteiger charge is 2.17. The molecule has 170 valence electrons. The zero-order valence-corrected chi connectivity index (χ0v) is 19.9. The van der Waals surface area contributed by atoms with Crippen LogP contribution in [0.5, 0.6) is 5.75 Å². The number of ether oxygens (including phenoxy) is 1. The molecule has 0 spiro atoms. The van der Waals surface area contributed by atoms with E-state index in [4.69, 9.17) is 19.1 Å². The fourth-order valence-corrected chi connectivity index (χ4v) is 4.81. The zero-order chi connectivity index (χ0) is 23.7. The van der Waals surface area contributed by atoms with E-state index in [0.717, 1.165) is 34.0 Å². The van der Waals surface area contributed by atoms with Crippen molar-refractivity contribution in [2.45, 2.75) is 24.8 Å². The van der Waals surface area contributed by atoms with Crippen LogP contribution in [0.2, 0.25) is 0 Å². The number of para-hydroxylation sites is 1. The molecule has 0 atom stereocenters. The summed E-state index contributed by atoms with van der Waals surface area (Å²) in [6, 6.07) is 22.8. The minimum Gasteiger partial charge on any atom is -0.497 e. The largest absolute Gasteiger partial charge is 0.497 e. The SMILES string of the molecule is COc1ccc(-n2c(SCc3nc(-c4ccccc4C)oc3C)nc3ccccc3c2=O)cc1. The Labute approximate surface area is 201 Å². The number of fused-ring (bicyclic) bond motifs is 1. The number of rotatable bonds is 6. The van der Waals surface area contributed by atoms with E-state index in [1.54, 1.807) is 17.7 Å². The van der Waals surface area contributed by atoms with Gasteiger partial charge in [-0.05, 0) is 61.9 Å². The average Bonchev–Trinajstić information content (AvgIpc) is 3.23. The van der Waals surface area contributed by atoms with E-state index >= 15 is 0 Å². The molecule has 0 aliphatic carbocycles. The summed E-state index contributed by atoms with van der Waals surface area (Å²) in [6.45, 7) is 3.95. The summed E-state index contributed by atoms with van der Waals surface area (Å²) in [4.78, 5) is 23.0. The second-order valence-electron chi connectivity index (χ2n) is 7.88. The third kappa shape index (κ3) is 4.10. The van der Waals surface area contributed by atoms with Gasteiger partial charge in [-0.1, -0.05) is 42.1 Å². The standard InChI is InChI=1S/C27H23N3O3S/c1-17-8-4-5-9-21(17)25-28-24(18(2)33-25)16-34-27-29-23-11-7-6-10-22(23)26(31)30(27)19-12-14-20(32-3)15-13-19/h4-15H,16H2,1-3H3. The molecule has 0 saturated heterocycles. The molecule has 0 fully saturated rings. The van der Waals surface area contributed by atoms with Crippen LogP contribution in [0.25, 0.3) is 28.0 Å². The molecule has 7 heteroatoms. The Morgan fingerprint density at radius 2 is 1.68 bits per heavy atom. The van der Waals surface area contributed by atoms with Crippen LogP contribution in [-0.2, 0) is 5.75 Å². The smallest absolute Gasteiger partial charge is 0.266 e. The Hall–Kier alpha value is -3.84. The number of nitrogens with zero attached hydrogens (tertiary/aromatic N) is 3. The Balaban J connectivity index is 1.54. The lowest BCUT2D eigenvalue weighted by Gasteiger charge is -2.13. The van der Waals surface area contributed by atoms with Gasteiger partial charge in [0.25, 0.3) is 5.56 Å². The van der Waals surface area contributed by atoms with E-state index in [2.05, 4.69) is 0 Å². The van der Waals surface area contributed by atoms with Gasteiger partial charge in [0, 0.05) is 11.3 Å². The van der Waals surface area contributed by atoms with Gasteiger partial charge in [0.05, 0.1) is 29.4 Å². The van der Waals surface area contributed by atoms with Crippen molar-refractivity contribution in [1.29, 1.82) is 0 Å². The summed E-state index contributed by atoms with van der Waals surface area (Å²) >= 11 is 1.46. The van der Waals surface area contributed by atoms with E-state index in [1.165, 1.54) is 11.8 Å². The van der Waals surface area contributed by atoms with Gasteiger partial charge in [0.1, 0.15) is 11.5 Å². The van der Waals surface area contributed by atoms with Gasteiger partial charge in [-0.25, -0.2) is 9.97 Å². The third-order valence-corrected chi connectivity index (χ3v) is 6.63. The van der Waals surface area contributed by atoms with E-state index in [0.29, 0.717) is 27.7 Å². The van der Waals surface area contributed by atoms with Crippen LogP contribution in [0.1, 0.15) is 17.0 Å². The zero-order valence-electron chi connectivity index (χ0n) is 19.1. The molecule has 0 amide bonds. The Bertz CT molecular complexity index is 1540. The van der Waals surface area contributed by atoms with Crippen molar-refractivity contribution in [3.8, 4) is 22.9 Å². The maximum Gasteiger partial charge on any atom is 0.266 e. The van der Waals surface area contributed by atoms with Crippen molar-refractivity contribution < 1.29 is 9.15 Å². The van der Waals surface area contributed by atoms with E-state index in [1.807, 2.05) is 80.6 Å². The fourth-order valence-electron chi connectivity index (χ4n) is 3.79. The highest BCUT2D eigenvalue weighted by molar-refractivity contribution is 7.98. The van der Waals surface area contributed by atoms with Crippen LogP contribution < -0.4 is 10.3 Å². The molecule has 34 heavy (non-hydrogen) atoms. The average molecular weight is 470 g/mol. The maximum absolute atomic E-state index is 13.5. The second-order valence-corrected chi connectivity index (χ2v) is 8.82. The van der Waals surface area contributed by atoms with Crippen LogP contribution in [0.4, 0.5) is 0 Å². The maximum atomic E-state index is 13.5. The van der Waals surface area contributed by atoms with E-state index in [-0.39, 0.29) is 5.56 Å². The summed E-state index contributed by atoms with van der Waals surface area (Å²) in [7, 11) is 1.62. The molecule has 0 unspecified atom stereocenters. The van der Waals surface area contributed by atoms with Crippen molar-refractivity contribution in [3.63, 3.8) is 0 Å². The van der Waals surface area contributed by atoms with Gasteiger partial charge in [-0.15, -0.1) is 0 Å². The molecule has 6 nitrogen and oxygen atoms in total. The van der Waals surface area contributed by atoms with Gasteiger partial charge in [0.15, 0.2) is 5.16 Å². The summed E-state index contributed by atoms with van der Waals surface area (Å²) in [5, 5.41) is 1.16. The molecular weight excluding hydrogens is 446 g/mol. The van der Waals surface area contributed by atoms with Gasteiger partial charge in [-0.3, -0.25) is 9.36 Å². The van der Waals surface area contributed by atoms with Crippen molar-refractivity contribution in [1.82, 2.24) is 14.5 Å². The van der Waals surface area contributed by atoms with Gasteiger partial charge in [0.2, 0.25) is 5.89 Å². The number of aromatic nitrogens is 3. The molecule has 0 radical (unpaired) electrons. The van der Waals surface area contributed by atoms with Crippen molar-refractivity contribution in [2.75, 3.05) is 7.11 Å². The third-order valence-electron chi connectivity index (χ3n) is 5.68. The van der Waals surface area contributed by atoms with Crippen molar-refractivity contribution in [2.24, 2.45) is 0 Å². The van der Waals surface area contributed by atoms with Crippen LogP contribution in [0.15, 0.2) is 87.2 Å².